The van der Waals surface area contributed by atoms with E-state index in [0.29, 0.717) is 16.7 Å². The molecular formula is C22H19NO2. The Balaban J connectivity index is 2.16. The molecule has 0 fully saturated rings. The Bertz CT molecular complexity index is 802. The van der Waals surface area contributed by atoms with E-state index in [-0.39, 0.29) is 0 Å². The highest BCUT2D eigenvalue weighted by Crippen LogP contribution is 2.40. The summed E-state index contributed by atoms with van der Waals surface area (Å²) in [5, 5.41) is 32.0. The molecule has 2 N–H and O–H groups in total. The molecule has 3 aromatic carbocycles. The Kier molecular flexibility index (Phi) is 4.95. The van der Waals surface area contributed by atoms with E-state index in [4.69, 9.17) is 0 Å². The first-order valence-electron chi connectivity index (χ1n) is 8.13. The second-order valence-corrected chi connectivity index (χ2v) is 5.95. The van der Waals surface area contributed by atoms with E-state index in [2.05, 4.69) is 6.07 Å². The molecule has 0 aromatic heterocycles. The molecule has 2 atom stereocenters. The van der Waals surface area contributed by atoms with Gasteiger partial charge >= 0.3 is 0 Å². The number of nitriles is 1. The van der Waals surface area contributed by atoms with Crippen molar-refractivity contribution in [2.24, 2.45) is 0 Å². The predicted octanol–water partition coefficient (Wildman–Crippen LogP) is 3.59. The normalized spacial score (nSPS) is 13.6. The van der Waals surface area contributed by atoms with Crippen LogP contribution >= 0.6 is 0 Å². The van der Waals surface area contributed by atoms with Crippen LogP contribution in [0.25, 0.3) is 0 Å². The van der Waals surface area contributed by atoms with E-state index in [1.165, 1.54) is 0 Å². The first-order chi connectivity index (χ1) is 12.2. The van der Waals surface area contributed by atoms with E-state index in [1.807, 2.05) is 42.5 Å². The Morgan fingerprint density at radius 2 is 1.08 bits per heavy atom. The summed E-state index contributed by atoms with van der Waals surface area (Å²) in [6.07, 6.45) is -2.52. The average molecular weight is 329 g/mol. The minimum atomic E-state index is -1.38. The molecule has 3 nitrogen and oxygen atoms in total. The molecule has 0 amide bonds. The molecule has 0 saturated carbocycles. The lowest BCUT2D eigenvalue weighted by atomic mass is 9.69. The summed E-state index contributed by atoms with van der Waals surface area (Å²) < 4.78 is 0. The summed E-state index contributed by atoms with van der Waals surface area (Å²) in [4.78, 5) is 0. The molecule has 124 valence electrons. The maximum absolute atomic E-state index is 11.1. The lowest BCUT2D eigenvalue weighted by Gasteiger charge is -2.35. The second-order valence-electron chi connectivity index (χ2n) is 5.95. The highest BCUT2D eigenvalue weighted by atomic mass is 16.3. The van der Waals surface area contributed by atoms with Crippen LogP contribution in [0.2, 0.25) is 0 Å². The Hall–Kier alpha value is -2.93. The number of hydrogen-bond acceptors (Lipinski definition) is 3. The maximum atomic E-state index is 11.1. The van der Waals surface area contributed by atoms with Crippen LogP contribution in [0, 0.1) is 11.3 Å². The summed E-state index contributed by atoms with van der Waals surface area (Å²) in [6.45, 7) is 0. The van der Waals surface area contributed by atoms with Gasteiger partial charge in [0, 0.05) is 0 Å². The van der Waals surface area contributed by atoms with Crippen LogP contribution in [-0.2, 0) is 5.41 Å². The van der Waals surface area contributed by atoms with Crippen LogP contribution in [-0.4, -0.2) is 16.3 Å². The quantitative estimate of drug-likeness (QED) is 0.752. The zero-order valence-corrected chi connectivity index (χ0v) is 13.7. The fourth-order valence-electron chi connectivity index (χ4n) is 3.17. The Labute approximate surface area is 147 Å². The van der Waals surface area contributed by atoms with Crippen LogP contribution < -0.4 is 0 Å². The van der Waals surface area contributed by atoms with Gasteiger partial charge in [-0.15, -0.1) is 0 Å². The summed E-state index contributed by atoms with van der Waals surface area (Å²) in [5.74, 6) is 0. The molecule has 0 heterocycles. The fraction of sp³-hybridized carbons (Fsp3) is 0.136. The zero-order valence-electron chi connectivity index (χ0n) is 13.7. The molecule has 0 aliphatic rings. The van der Waals surface area contributed by atoms with Gasteiger partial charge in [-0.05, 0) is 16.7 Å². The van der Waals surface area contributed by atoms with Crippen molar-refractivity contribution in [3.05, 3.63) is 108 Å². The van der Waals surface area contributed by atoms with E-state index < -0.39 is 17.6 Å². The molecule has 0 aliphatic carbocycles. The topological polar surface area (TPSA) is 64.2 Å². The lowest BCUT2D eigenvalue weighted by molar-refractivity contribution is -0.00777. The first kappa shape index (κ1) is 16.9. The summed E-state index contributed by atoms with van der Waals surface area (Å²) >= 11 is 0. The molecule has 25 heavy (non-hydrogen) atoms. The van der Waals surface area contributed by atoms with Crippen LogP contribution in [0.3, 0.4) is 0 Å². The monoisotopic (exact) mass is 329 g/mol. The average Bonchev–Trinajstić information content (AvgIpc) is 2.70. The lowest BCUT2D eigenvalue weighted by Crippen LogP contribution is -2.43. The molecule has 0 bridgehead atoms. The third kappa shape index (κ3) is 3.06. The van der Waals surface area contributed by atoms with Gasteiger partial charge in [-0.2, -0.15) is 5.26 Å². The summed E-state index contributed by atoms with van der Waals surface area (Å²) in [6, 6.07) is 29.4. The highest BCUT2D eigenvalue weighted by molar-refractivity contribution is 5.48. The van der Waals surface area contributed by atoms with E-state index >= 15 is 0 Å². The van der Waals surface area contributed by atoms with Crippen LogP contribution in [0.1, 0.15) is 22.8 Å². The third-order valence-electron chi connectivity index (χ3n) is 4.52. The minimum absolute atomic E-state index is 0.571. The molecule has 0 radical (unpaired) electrons. The molecule has 3 rings (SSSR count). The van der Waals surface area contributed by atoms with Crippen molar-refractivity contribution in [2.75, 3.05) is 0 Å². The predicted molar refractivity (Wildman–Crippen MR) is 96.7 cm³/mol. The molecule has 3 heteroatoms. The number of aliphatic hydroxyl groups excluding tert-OH is 2. The zero-order chi connectivity index (χ0) is 17.7. The Morgan fingerprint density at radius 1 is 0.680 bits per heavy atom. The summed E-state index contributed by atoms with van der Waals surface area (Å²) in [5.41, 5.74) is 0.483. The van der Waals surface area contributed by atoms with E-state index in [0.717, 1.165) is 0 Å². The Morgan fingerprint density at radius 3 is 1.48 bits per heavy atom. The summed E-state index contributed by atoms with van der Waals surface area (Å²) in [7, 11) is 0. The second kappa shape index (κ2) is 7.31. The van der Waals surface area contributed by atoms with Gasteiger partial charge < -0.3 is 10.2 Å². The number of hydrogen-bond donors (Lipinski definition) is 2. The van der Waals surface area contributed by atoms with Gasteiger partial charge in [0.15, 0.2) is 0 Å². The van der Waals surface area contributed by atoms with Gasteiger partial charge in [0.25, 0.3) is 0 Å². The minimum Gasteiger partial charge on any atom is -0.388 e. The van der Waals surface area contributed by atoms with Gasteiger partial charge in [0.1, 0.15) is 17.6 Å². The van der Waals surface area contributed by atoms with Crippen molar-refractivity contribution >= 4 is 0 Å². The molecule has 0 aliphatic heterocycles. The molecule has 0 saturated heterocycles. The number of aliphatic hydroxyl groups is 2. The fourth-order valence-corrected chi connectivity index (χ4v) is 3.17. The van der Waals surface area contributed by atoms with Crippen molar-refractivity contribution in [3.8, 4) is 6.07 Å². The van der Waals surface area contributed by atoms with Gasteiger partial charge in [-0.25, -0.2) is 0 Å². The van der Waals surface area contributed by atoms with E-state index in [1.54, 1.807) is 48.5 Å². The SMILES string of the molecule is N#CC(c1ccccc1)(c1ccccc1)[C@H](O)[C@@H](O)c1ccccc1. The van der Waals surface area contributed by atoms with E-state index in [9.17, 15) is 15.5 Å². The standard InChI is InChI=1S/C22H19NO2/c23-16-22(18-12-6-2-7-13-18,19-14-8-3-9-15-19)21(25)20(24)17-10-4-1-5-11-17/h1-15,20-21,24-25H/t20-,21+/m0/s1. The largest absolute Gasteiger partial charge is 0.388 e. The number of rotatable bonds is 5. The van der Waals surface area contributed by atoms with Gasteiger partial charge in [0.2, 0.25) is 0 Å². The smallest absolute Gasteiger partial charge is 0.136 e. The molecular weight excluding hydrogens is 310 g/mol. The number of benzene rings is 3. The first-order valence-corrected chi connectivity index (χ1v) is 8.13. The maximum Gasteiger partial charge on any atom is 0.136 e. The van der Waals surface area contributed by atoms with Crippen LogP contribution in [0.5, 0.6) is 0 Å². The van der Waals surface area contributed by atoms with Crippen molar-refractivity contribution in [3.63, 3.8) is 0 Å². The van der Waals surface area contributed by atoms with Gasteiger partial charge in [-0.3, -0.25) is 0 Å². The molecule has 0 unspecified atom stereocenters. The van der Waals surface area contributed by atoms with Gasteiger partial charge in [-0.1, -0.05) is 91.0 Å². The third-order valence-corrected chi connectivity index (χ3v) is 4.52. The highest BCUT2D eigenvalue weighted by Gasteiger charge is 2.45. The molecule has 0 spiro atoms. The van der Waals surface area contributed by atoms with Crippen LogP contribution in [0.4, 0.5) is 0 Å². The van der Waals surface area contributed by atoms with Gasteiger partial charge in [0.05, 0.1) is 6.07 Å². The number of nitrogens with zero attached hydrogens (tertiary/aromatic N) is 1. The van der Waals surface area contributed by atoms with Crippen molar-refractivity contribution < 1.29 is 10.2 Å². The van der Waals surface area contributed by atoms with Crippen LogP contribution in [0.15, 0.2) is 91.0 Å². The van der Waals surface area contributed by atoms with Crippen molar-refractivity contribution in [1.29, 1.82) is 5.26 Å². The van der Waals surface area contributed by atoms with Crippen molar-refractivity contribution in [2.45, 2.75) is 17.6 Å². The molecule has 3 aromatic rings. The van der Waals surface area contributed by atoms with Crippen molar-refractivity contribution in [1.82, 2.24) is 0 Å².